The number of nitrogens with zero attached hydrogens (tertiary/aromatic N) is 2. The van der Waals surface area contributed by atoms with Crippen molar-refractivity contribution in [2.75, 3.05) is 18.4 Å². The van der Waals surface area contributed by atoms with Gasteiger partial charge in [0.1, 0.15) is 5.82 Å². The first-order valence-corrected chi connectivity index (χ1v) is 11.0. The van der Waals surface area contributed by atoms with E-state index in [0.29, 0.717) is 21.8 Å². The van der Waals surface area contributed by atoms with Crippen LogP contribution in [-0.4, -0.2) is 40.7 Å². The first-order valence-electron chi connectivity index (χ1n) is 10.6. The summed E-state index contributed by atoms with van der Waals surface area (Å²) in [4.78, 5) is 30.8. The summed E-state index contributed by atoms with van der Waals surface area (Å²) in [5, 5.41) is 2.94. The number of amides is 2. The summed E-state index contributed by atoms with van der Waals surface area (Å²) < 4.78 is 43.7. The zero-order valence-corrected chi connectivity index (χ0v) is 19.0. The van der Waals surface area contributed by atoms with Crippen LogP contribution in [0.15, 0.2) is 60.8 Å². The van der Waals surface area contributed by atoms with Crippen molar-refractivity contribution in [1.29, 1.82) is 0 Å². The molecule has 1 aromatic heterocycles. The number of piperidine rings is 1. The lowest BCUT2D eigenvalue weighted by atomic mass is 9.93. The van der Waals surface area contributed by atoms with Crippen molar-refractivity contribution in [1.82, 2.24) is 9.88 Å². The number of carbonyl (C=O) groups excluding carboxylic acids is 2. The van der Waals surface area contributed by atoms with Gasteiger partial charge in [-0.05, 0) is 60.5 Å². The first-order chi connectivity index (χ1) is 16.1. The average Bonchev–Trinajstić information content (AvgIpc) is 2.78. The van der Waals surface area contributed by atoms with E-state index >= 15 is 0 Å². The summed E-state index contributed by atoms with van der Waals surface area (Å²) in [5.41, 5.74) is 2.02. The molecule has 4 rings (SSSR count). The molecule has 176 valence electrons. The molecule has 0 radical (unpaired) electrons. The topological polar surface area (TPSA) is 62.3 Å². The molecule has 2 heterocycles. The summed E-state index contributed by atoms with van der Waals surface area (Å²) in [6.07, 6.45) is 0.867. The van der Waals surface area contributed by atoms with E-state index < -0.39 is 42.4 Å². The molecular weight excluding hydrogens is 467 g/mol. The molecule has 2 amide bonds. The molecule has 0 saturated carbocycles. The van der Waals surface area contributed by atoms with E-state index in [1.807, 2.05) is 0 Å². The van der Waals surface area contributed by atoms with Gasteiger partial charge in [-0.3, -0.25) is 14.6 Å². The lowest BCUT2D eigenvalue weighted by Crippen LogP contribution is -2.52. The molecule has 0 aliphatic carbocycles. The summed E-state index contributed by atoms with van der Waals surface area (Å²) in [5.74, 6) is -6.87. The largest absolute Gasteiger partial charge is 0.332 e. The molecular formula is C25H21ClF3N3O2. The Bertz CT molecular complexity index is 1250. The van der Waals surface area contributed by atoms with E-state index in [1.54, 1.807) is 43.5 Å². The van der Waals surface area contributed by atoms with Crippen molar-refractivity contribution in [2.24, 2.45) is 5.92 Å². The second kappa shape index (κ2) is 9.46. The normalized spacial score (nSPS) is 17.3. The molecule has 3 aromatic rings. The lowest BCUT2D eigenvalue weighted by molar-refractivity contribution is -0.130. The highest BCUT2D eigenvalue weighted by Gasteiger charge is 2.45. The third kappa shape index (κ3) is 5.39. The SMILES string of the molecule is Cc1cc(-c2ccc(F)c(C(=O)N3CC(C(=O)Nc4cccc(Cl)c4)CC(F)(F)C3)c2)ccn1. The van der Waals surface area contributed by atoms with Crippen LogP contribution < -0.4 is 5.32 Å². The Labute approximate surface area is 199 Å². The fourth-order valence-electron chi connectivity index (χ4n) is 4.00. The number of rotatable bonds is 4. The van der Waals surface area contributed by atoms with Gasteiger partial charge in [0.15, 0.2) is 0 Å². The quantitative estimate of drug-likeness (QED) is 0.522. The third-order valence-electron chi connectivity index (χ3n) is 5.58. The van der Waals surface area contributed by atoms with Crippen LogP contribution in [0.5, 0.6) is 0 Å². The number of nitrogens with one attached hydrogen (secondary N) is 1. The minimum atomic E-state index is -3.31. The van der Waals surface area contributed by atoms with Gasteiger partial charge in [-0.25, -0.2) is 13.2 Å². The maximum atomic E-state index is 14.6. The molecule has 9 heteroatoms. The predicted molar refractivity (Wildman–Crippen MR) is 123 cm³/mol. The van der Waals surface area contributed by atoms with E-state index in [1.165, 1.54) is 18.2 Å². The predicted octanol–water partition coefficient (Wildman–Crippen LogP) is 5.59. The van der Waals surface area contributed by atoms with E-state index in [4.69, 9.17) is 11.6 Å². The van der Waals surface area contributed by atoms with Crippen LogP contribution >= 0.6 is 11.6 Å². The summed E-state index contributed by atoms with van der Waals surface area (Å²) in [6, 6.07) is 13.7. The van der Waals surface area contributed by atoms with Crippen LogP contribution in [0.1, 0.15) is 22.5 Å². The van der Waals surface area contributed by atoms with Gasteiger partial charge in [0, 0.05) is 35.6 Å². The van der Waals surface area contributed by atoms with Gasteiger partial charge in [-0.1, -0.05) is 23.7 Å². The molecule has 1 aliphatic rings. The van der Waals surface area contributed by atoms with Gasteiger partial charge in [-0.2, -0.15) is 0 Å². The van der Waals surface area contributed by atoms with Crippen molar-refractivity contribution in [3.63, 3.8) is 0 Å². The van der Waals surface area contributed by atoms with Gasteiger partial charge in [-0.15, -0.1) is 0 Å². The zero-order chi connectivity index (χ0) is 24.5. The number of aromatic nitrogens is 1. The van der Waals surface area contributed by atoms with Gasteiger partial charge in [0.2, 0.25) is 5.91 Å². The van der Waals surface area contributed by atoms with Gasteiger partial charge >= 0.3 is 0 Å². The van der Waals surface area contributed by atoms with Gasteiger partial charge in [0.05, 0.1) is 18.0 Å². The number of carbonyl (C=O) groups is 2. The Balaban J connectivity index is 1.57. The van der Waals surface area contributed by atoms with E-state index in [9.17, 15) is 22.8 Å². The fourth-order valence-corrected chi connectivity index (χ4v) is 4.19. The van der Waals surface area contributed by atoms with Crippen molar-refractivity contribution < 1.29 is 22.8 Å². The average molecular weight is 488 g/mol. The smallest absolute Gasteiger partial charge is 0.266 e. The number of likely N-dealkylation sites (tertiary alicyclic amines) is 1. The molecule has 34 heavy (non-hydrogen) atoms. The number of benzene rings is 2. The van der Waals surface area contributed by atoms with Crippen LogP contribution in [-0.2, 0) is 4.79 Å². The molecule has 1 N–H and O–H groups in total. The van der Waals surface area contributed by atoms with E-state index in [2.05, 4.69) is 10.3 Å². The first kappa shape index (κ1) is 23.8. The van der Waals surface area contributed by atoms with Crippen molar-refractivity contribution in [2.45, 2.75) is 19.3 Å². The molecule has 1 saturated heterocycles. The fraction of sp³-hybridized carbons (Fsp3) is 0.240. The number of hydrogen-bond donors (Lipinski definition) is 1. The standard InChI is InChI=1S/C25H21ClF3N3O2/c1-15-9-17(7-8-30-15)16-5-6-22(27)21(10-16)24(34)32-13-18(12-25(28,29)14-32)23(33)31-20-4-2-3-19(26)11-20/h2-11,18H,12-14H2,1H3,(H,31,33). The summed E-state index contributed by atoms with van der Waals surface area (Å²) in [7, 11) is 0. The monoisotopic (exact) mass is 487 g/mol. The molecule has 0 bridgehead atoms. The summed E-state index contributed by atoms with van der Waals surface area (Å²) >= 11 is 5.91. The van der Waals surface area contributed by atoms with Crippen LogP contribution in [0.4, 0.5) is 18.9 Å². The minimum absolute atomic E-state index is 0.265. The number of halogens is 4. The van der Waals surface area contributed by atoms with E-state index in [0.717, 1.165) is 16.7 Å². The molecule has 1 aliphatic heterocycles. The molecule has 0 spiro atoms. The Hall–Kier alpha value is -3.39. The second-order valence-electron chi connectivity index (χ2n) is 8.32. The zero-order valence-electron chi connectivity index (χ0n) is 18.2. The summed E-state index contributed by atoms with van der Waals surface area (Å²) in [6.45, 7) is 0.632. The second-order valence-corrected chi connectivity index (χ2v) is 8.76. The number of hydrogen-bond acceptors (Lipinski definition) is 3. The molecule has 1 atom stereocenters. The molecule has 1 fully saturated rings. The lowest BCUT2D eigenvalue weighted by Gasteiger charge is -2.37. The van der Waals surface area contributed by atoms with Gasteiger partial charge < -0.3 is 10.2 Å². The van der Waals surface area contributed by atoms with Crippen molar-refractivity contribution in [3.05, 3.63) is 82.9 Å². The van der Waals surface area contributed by atoms with Crippen LogP contribution in [0.2, 0.25) is 5.02 Å². The highest BCUT2D eigenvalue weighted by atomic mass is 35.5. The Kier molecular flexibility index (Phi) is 6.61. The third-order valence-corrected chi connectivity index (χ3v) is 5.82. The Morgan fingerprint density at radius 3 is 2.62 bits per heavy atom. The molecule has 2 aromatic carbocycles. The number of pyridine rings is 1. The minimum Gasteiger partial charge on any atom is -0.332 e. The highest BCUT2D eigenvalue weighted by Crippen LogP contribution is 2.33. The highest BCUT2D eigenvalue weighted by molar-refractivity contribution is 6.30. The maximum absolute atomic E-state index is 14.6. The maximum Gasteiger partial charge on any atom is 0.266 e. The number of anilines is 1. The van der Waals surface area contributed by atoms with Crippen LogP contribution in [0.3, 0.4) is 0 Å². The van der Waals surface area contributed by atoms with Crippen LogP contribution in [0.25, 0.3) is 11.1 Å². The number of aryl methyl sites for hydroxylation is 1. The van der Waals surface area contributed by atoms with Crippen molar-refractivity contribution in [3.8, 4) is 11.1 Å². The van der Waals surface area contributed by atoms with Crippen molar-refractivity contribution >= 4 is 29.1 Å². The Morgan fingerprint density at radius 1 is 1.12 bits per heavy atom. The van der Waals surface area contributed by atoms with Gasteiger partial charge in [0.25, 0.3) is 11.8 Å². The van der Waals surface area contributed by atoms with Crippen LogP contribution in [0, 0.1) is 18.7 Å². The molecule has 1 unspecified atom stereocenters. The van der Waals surface area contributed by atoms with E-state index in [-0.39, 0.29) is 12.1 Å². The Morgan fingerprint density at radius 2 is 1.88 bits per heavy atom. The molecule has 5 nitrogen and oxygen atoms in total. The number of alkyl halides is 2.